The van der Waals surface area contributed by atoms with Gasteiger partial charge in [-0.1, -0.05) is 45.1 Å². The molecule has 3 heteroatoms. The molecule has 0 aromatic heterocycles. The van der Waals surface area contributed by atoms with E-state index in [1.807, 2.05) is 6.92 Å². The summed E-state index contributed by atoms with van der Waals surface area (Å²) >= 11 is 0. The SMILES string of the molecule is C=C(C)C(O)CCC(=C)C1CCC2(C)C1CCC1C3(C)CCC(OC(C)=O)CC3CCC12C. The van der Waals surface area contributed by atoms with Crippen LogP contribution < -0.4 is 0 Å². The second kappa shape index (κ2) is 8.85. The second-order valence-corrected chi connectivity index (χ2v) is 13.0. The van der Waals surface area contributed by atoms with Crippen LogP contribution in [0.25, 0.3) is 0 Å². The maximum atomic E-state index is 11.6. The van der Waals surface area contributed by atoms with E-state index < -0.39 is 6.10 Å². The molecule has 4 aliphatic carbocycles. The zero-order valence-electron chi connectivity index (χ0n) is 21.9. The highest BCUT2D eigenvalue weighted by atomic mass is 16.5. The van der Waals surface area contributed by atoms with Crippen molar-refractivity contribution in [2.45, 2.75) is 117 Å². The molecule has 9 unspecified atom stereocenters. The summed E-state index contributed by atoms with van der Waals surface area (Å²) < 4.78 is 5.66. The molecule has 33 heavy (non-hydrogen) atoms. The highest BCUT2D eigenvalue weighted by molar-refractivity contribution is 5.66. The lowest BCUT2D eigenvalue weighted by atomic mass is 9.37. The molecule has 186 valence electrons. The topological polar surface area (TPSA) is 46.5 Å². The van der Waals surface area contributed by atoms with Gasteiger partial charge in [0.15, 0.2) is 0 Å². The number of allylic oxidation sites excluding steroid dienone is 1. The van der Waals surface area contributed by atoms with E-state index in [9.17, 15) is 9.90 Å². The fraction of sp³-hybridized carbons (Fsp3) is 0.833. The average Bonchev–Trinajstić information content (AvgIpc) is 3.10. The number of ether oxygens (including phenoxy) is 1. The molecule has 0 spiro atoms. The van der Waals surface area contributed by atoms with Crippen molar-refractivity contribution in [3.8, 4) is 0 Å². The molecular weight excluding hydrogens is 408 g/mol. The number of hydrogen-bond acceptors (Lipinski definition) is 3. The van der Waals surface area contributed by atoms with Crippen molar-refractivity contribution >= 4 is 5.97 Å². The summed E-state index contributed by atoms with van der Waals surface area (Å²) in [5.74, 6) is 2.66. The maximum absolute atomic E-state index is 11.6. The van der Waals surface area contributed by atoms with Gasteiger partial charge in [0.25, 0.3) is 0 Å². The Balaban J connectivity index is 1.50. The van der Waals surface area contributed by atoms with E-state index in [-0.39, 0.29) is 12.1 Å². The molecule has 0 amide bonds. The van der Waals surface area contributed by atoms with Crippen molar-refractivity contribution in [2.24, 2.45) is 39.9 Å². The molecule has 0 bridgehead atoms. The highest BCUT2D eigenvalue weighted by Crippen LogP contribution is 2.74. The van der Waals surface area contributed by atoms with Crippen molar-refractivity contribution in [1.82, 2.24) is 0 Å². The summed E-state index contributed by atoms with van der Waals surface area (Å²) in [6.07, 6.45) is 12.5. The van der Waals surface area contributed by atoms with Crippen LogP contribution in [-0.2, 0) is 9.53 Å². The third kappa shape index (κ3) is 4.05. The van der Waals surface area contributed by atoms with Crippen LogP contribution in [0.1, 0.15) is 105 Å². The molecule has 9 atom stereocenters. The molecule has 4 rings (SSSR count). The van der Waals surface area contributed by atoms with Crippen molar-refractivity contribution in [1.29, 1.82) is 0 Å². The number of aliphatic hydroxyl groups excluding tert-OH is 1. The minimum absolute atomic E-state index is 0.120. The fourth-order valence-electron chi connectivity index (χ4n) is 9.44. The molecule has 4 aliphatic rings. The molecule has 0 aromatic carbocycles. The van der Waals surface area contributed by atoms with Crippen LogP contribution in [0.5, 0.6) is 0 Å². The molecule has 0 saturated heterocycles. The first-order valence-electron chi connectivity index (χ1n) is 13.6. The van der Waals surface area contributed by atoms with Gasteiger partial charge >= 0.3 is 5.97 Å². The lowest BCUT2D eigenvalue weighted by Gasteiger charge is -2.67. The highest BCUT2D eigenvalue weighted by Gasteiger charge is 2.66. The number of fused-ring (bicyclic) bond motifs is 5. The molecule has 1 N–H and O–H groups in total. The monoisotopic (exact) mass is 456 g/mol. The molecule has 3 nitrogen and oxygen atoms in total. The quantitative estimate of drug-likeness (QED) is 0.338. The second-order valence-electron chi connectivity index (χ2n) is 13.0. The number of carbonyl (C=O) groups is 1. The largest absolute Gasteiger partial charge is 0.463 e. The van der Waals surface area contributed by atoms with E-state index in [2.05, 4.69) is 33.9 Å². The average molecular weight is 457 g/mol. The minimum atomic E-state index is -0.403. The Morgan fingerprint density at radius 1 is 1.00 bits per heavy atom. The van der Waals surface area contributed by atoms with Crippen molar-refractivity contribution < 1.29 is 14.6 Å². The van der Waals surface area contributed by atoms with Gasteiger partial charge in [-0.25, -0.2) is 0 Å². The third-order valence-electron chi connectivity index (χ3n) is 11.6. The van der Waals surface area contributed by atoms with Gasteiger partial charge in [-0.05, 0) is 117 Å². The summed E-state index contributed by atoms with van der Waals surface area (Å²) in [5, 5.41) is 10.2. The van der Waals surface area contributed by atoms with E-state index in [4.69, 9.17) is 4.74 Å². The first kappa shape index (κ1) is 25.0. The number of carbonyl (C=O) groups excluding carboxylic acids is 1. The predicted molar refractivity (Wildman–Crippen MR) is 135 cm³/mol. The van der Waals surface area contributed by atoms with Crippen LogP contribution in [0.15, 0.2) is 24.3 Å². The summed E-state index contributed by atoms with van der Waals surface area (Å²) in [5.41, 5.74) is 3.35. The van der Waals surface area contributed by atoms with Crippen LogP contribution in [0.2, 0.25) is 0 Å². The Kier molecular flexibility index (Phi) is 6.71. The van der Waals surface area contributed by atoms with Crippen LogP contribution in [0.4, 0.5) is 0 Å². The van der Waals surface area contributed by atoms with Gasteiger partial charge in [-0.2, -0.15) is 0 Å². The van der Waals surface area contributed by atoms with E-state index in [0.717, 1.165) is 43.1 Å². The number of aliphatic hydroxyl groups is 1. The molecule has 0 heterocycles. The lowest BCUT2D eigenvalue weighted by molar-refractivity contribution is -0.193. The molecule has 0 aliphatic heterocycles. The predicted octanol–water partition coefficient (Wildman–Crippen LogP) is 7.24. The summed E-state index contributed by atoms with van der Waals surface area (Å²) in [7, 11) is 0. The van der Waals surface area contributed by atoms with Crippen LogP contribution in [0, 0.1) is 39.9 Å². The molecule has 0 aromatic rings. The normalized spacial score (nSPS) is 45.3. The number of hydrogen-bond donors (Lipinski definition) is 1. The summed E-state index contributed by atoms with van der Waals surface area (Å²) in [4.78, 5) is 11.6. The minimum Gasteiger partial charge on any atom is -0.463 e. The first-order chi connectivity index (χ1) is 15.4. The van der Waals surface area contributed by atoms with E-state index in [1.165, 1.54) is 50.5 Å². The van der Waals surface area contributed by atoms with Gasteiger partial charge in [0.2, 0.25) is 0 Å². The first-order valence-corrected chi connectivity index (χ1v) is 13.6. The molecular formula is C30H48O3. The smallest absolute Gasteiger partial charge is 0.302 e. The Hall–Kier alpha value is -1.09. The zero-order valence-corrected chi connectivity index (χ0v) is 21.9. The van der Waals surface area contributed by atoms with Gasteiger partial charge < -0.3 is 9.84 Å². The van der Waals surface area contributed by atoms with E-state index in [1.54, 1.807) is 6.92 Å². The number of rotatable bonds is 6. The van der Waals surface area contributed by atoms with Crippen molar-refractivity contribution in [3.63, 3.8) is 0 Å². The van der Waals surface area contributed by atoms with Crippen LogP contribution in [0.3, 0.4) is 0 Å². The van der Waals surface area contributed by atoms with Gasteiger partial charge in [0, 0.05) is 6.92 Å². The molecule has 0 radical (unpaired) electrons. The third-order valence-corrected chi connectivity index (χ3v) is 11.6. The van der Waals surface area contributed by atoms with Gasteiger partial charge in [0.1, 0.15) is 6.10 Å². The zero-order chi connectivity index (χ0) is 24.2. The Morgan fingerprint density at radius 3 is 2.36 bits per heavy atom. The van der Waals surface area contributed by atoms with Gasteiger partial charge in [-0.3, -0.25) is 4.79 Å². The van der Waals surface area contributed by atoms with E-state index >= 15 is 0 Å². The Morgan fingerprint density at radius 2 is 1.70 bits per heavy atom. The van der Waals surface area contributed by atoms with Crippen LogP contribution >= 0.6 is 0 Å². The molecule has 4 fully saturated rings. The van der Waals surface area contributed by atoms with Gasteiger partial charge in [-0.15, -0.1) is 0 Å². The lowest BCUT2D eigenvalue weighted by Crippen LogP contribution is -2.60. The molecule has 4 saturated carbocycles. The number of esters is 1. The van der Waals surface area contributed by atoms with Crippen molar-refractivity contribution in [3.05, 3.63) is 24.3 Å². The maximum Gasteiger partial charge on any atom is 0.302 e. The van der Waals surface area contributed by atoms with Crippen molar-refractivity contribution in [2.75, 3.05) is 0 Å². The summed E-state index contributed by atoms with van der Waals surface area (Å²) in [6, 6.07) is 0. The Labute approximate surface area is 202 Å². The standard InChI is InChI=1S/C30H48O3/c1-19(2)26(32)10-8-20(3)24-14-17-29(6)25(24)9-11-27-28(5)15-13-23(33-21(4)31)18-22(28)12-16-30(27,29)7/h22-27,32H,1,3,8-18H2,2,4-7H3. The summed E-state index contributed by atoms with van der Waals surface area (Å²) in [6.45, 7) is 19.8. The van der Waals surface area contributed by atoms with E-state index in [0.29, 0.717) is 28.1 Å². The van der Waals surface area contributed by atoms with Crippen LogP contribution in [-0.4, -0.2) is 23.3 Å². The van der Waals surface area contributed by atoms with Gasteiger partial charge in [0.05, 0.1) is 6.10 Å². The Bertz CT molecular complexity index is 800. The fourth-order valence-corrected chi connectivity index (χ4v) is 9.44.